The molecule has 0 aliphatic rings. The Morgan fingerprint density at radius 1 is 0.909 bits per heavy atom. The Kier molecular flexibility index (Phi) is 6.84. The van der Waals surface area contributed by atoms with Crippen LogP contribution in [0.1, 0.15) is 31.8 Å². The SMILES string of the molecule is Cc1ccc(C(=O)N/N=C/c2cccc([N+](=O)[O-])c2OC(=O)c2ccc([N+](=O)[O-])cc2)cc1. The summed E-state index contributed by atoms with van der Waals surface area (Å²) in [6.45, 7) is 1.88. The van der Waals surface area contributed by atoms with Crippen molar-refractivity contribution in [2.45, 2.75) is 6.92 Å². The van der Waals surface area contributed by atoms with Gasteiger partial charge in [-0.15, -0.1) is 0 Å². The van der Waals surface area contributed by atoms with Gasteiger partial charge in [-0.2, -0.15) is 5.10 Å². The molecule has 0 fully saturated rings. The lowest BCUT2D eigenvalue weighted by Gasteiger charge is -2.08. The van der Waals surface area contributed by atoms with E-state index in [4.69, 9.17) is 4.74 Å². The lowest BCUT2D eigenvalue weighted by molar-refractivity contribution is -0.385. The fourth-order valence-electron chi connectivity index (χ4n) is 2.70. The third kappa shape index (κ3) is 5.61. The Morgan fingerprint density at radius 3 is 2.15 bits per heavy atom. The number of amides is 1. The molecule has 1 N–H and O–H groups in total. The van der Waals surface area contributed by atoms with Crippen molar-refractivity contribution in [1.29, 1.82) is 0 Å². The number of ether oxygens (including phenoxy) is 1. The maximum atomic E-state index is 12.5. The molecule has 3 aromatic carbocycles. The number of nitrogens with zero attached hydrogens (tertiary/aromatic N) is 3. The van der Waals surface area contributed by atoms with Gasteiger partial charge in [0.2, 0.25) is 5.75 Å². The number of nitrogens with one attached hydrogen (secondary N) is 1. The van der Waals surface area contributed by atoms with Gasteiger partial charge in [-0.3, -0.25) is 25.0 Å². The van der Waals surface area contributed by atoms with Crippen molar-refractivity contribution in [3.05, 3.63) is 109 Å². The second-order valence-corrected chi connectivity index (χ2v) is 6.71. The molecule has 3 rings (SSSR count). The Labute approximate surface area is 186 Å². The van der Waals surface area contributed by atoms with Crippen molar-refractivity contribution in [3.8, 4) is 5.75 Å². The van der Waals surface area contributed by atoms with Crippen LogP contribution in [-0.4, -0.2) is 27.9 Å². The zero-order valence-electron chi connectivity index (χ0n) is 17.1. The molecule has 0 atom stereocenters. The van der Waals surface area contributed by atoms with E-state index in [1.165, 1.54) is 24.3 Å². The Morgan fingerprint density at radius 2 is 1.55 bits per heavy atom. The van der Waals surface area contributed by atoms with Crippen LogP contribution in [0.3, 0.4) is 0 Å². The van der Waals surface area contributed by atoms with Crippen molar-refractivity contribution in [2.75, 3.05) is 0 Å². The van der Waals surface area contributed by atoms with Gasteiger partial charge in [0.05, 0.1) is 21.6 Å². The van der Waals surface area contributed by atoms with E-state index in [9.17, 15) is 29.8 Å². The molecule has 0 spiro atoms. The lowest BCUT2D eigenvalue weighted by atomic mass is 10.1. The molecule has 1 amide bonds. The van der Waals surface area contributed by atoms with Gasteiger partial charge >= 0.3 is 11.7 Å². The molecule has 0 bridgehead atoms. The molecule has 0 saturated heterocycles. The maximum Gasteiger partial charge on any atom is 0.343 e. The molecular formula is C22H16N4O7. The normalized spacial score (nSPS) is 10.6. The second-order valence-electron chi connectivity index (χ2n) is 6.71. The number of benzene rings is 3. The van der Waals surface area contributed by atoms with E-state index in [1.807, 2.05) is 6.92 Å². The zero-order valence-corrected chi connectivity index (χ0v) is 17.1. The predicted octanol–water partition coefficient (Wildman–Crippen LogP) is 3.79. The fourth-order valence-corrected chi connectivity index (χ4v) is 2.70. The third-order valence-corrected chi connectivity index (χ3v) is 4.41. The zero-order chi connectivity index (χ0) is 24.0. The molecular weight excluding hydrogens is 432 g/mol. The molecule has 0 aliphatic carbocycles. The number of para-hydroxylation sites is 1. The monoisotopic (exact) mass is 448 g/mol. The van der Waals surface area contributed by atoms with Crippen LogP contribution in [-0.2, 0) is 0 Å². The van der Waals surface area contributed by atoms with Crippen LogP contribution in [0.15, 0.2) is 71.8 Å². The van der Waals surface area contributed by atoms with Gasteiger partial charge < -0.3 is 4.74 Å². The number of carbonyl (C=O) groups excluding carboxylic acids is 2. The number of rotatable bonds is 7. The summed E-state index contributed by atoms with van der Waals surface area (Å²) in [6.07, 6.45) is 1.11. The molecule has 0 aliphatic heterocycles. The van der Waals surface area contributed by atoms with Crippen LogP contribution in [0.25, 0.3) is 0 Å². The number of carbonyl (C=O) groups is 2. The highest BCUT2D eigenvalue weighted by Crippen LogP contribution is 2.31. The topological polar surface area (TPSA) is 154 Å². The number of nitro benzene ring substituents is 2. The van der Waals surface area contributed by atoms with Crippen molar-refractivity contribution in [2.24, 2.45) is 5.10 Å². The van der Waals surface area contributed by atoms with E-state index >= 15 is 0 Å². The fraction of sp³-hybridized carbons (Fsp3) is 0.0455. The Hall–Kier alpha value is -4.93. The lowest BCUT2D eigenvalue weighted by Crippen LogP contribution is -2.17. The van der Waals surface area contributed by atoms with E-state index in [-0.39, 0.29) is 22.6 Å². The summed E-state index contributed by atoms with van der Waals surface area (Å²) in [5.74, 6) is -1.85. The molecule has 166 valence electrons. The number of hydrogen-bond acceptors (Lipinski definition) is 8. The molecule has 0 radical (unpaired) electrons. The number of hydrogen-bond donors (Lipinski definition) is 1. The standard InChI is InChI=1S/C22H16N4O7/c1-14-5-7-15(8-6-14)21(27)24-23-13-17-3-2-4-19(26(31)32)20(17)33-22(28)16-9-11-18(12-10-16)25(29)30/h2-13H,1H3,(H,24,27)/b23-13+. The smallest absolute Gasteiger partial charge is 0.343 e. The Bertz CT molecular complexity index is 1250. The van der Waals surface area contributed by atoms with Gasteiger partial charge in [0, 0.05) is 29.3 Å². The van der Waals surface area contributed by atoms with Gasteiger partial charge in [0.25, 0.3) is 11.6 Å². The maximum absolute atomic E-state index is 12.5. The van der Waals surface area contributed by atoms with E-state index in [0.717, 1.165) is 30.0 Å². The largest absolute Gasteiger partial charge is 0.415 e. The first-order valence-corrected chi connectivity index (χ1v) is 9.40. The van der Waals surface area contributed by atoms with Crippen LogP contribution in [0.2, 0.25) is 0 Å². The predicted molar refractivity (Wildman–Crippen MR) is 117 cm³/mol. The van der Waals surface area contributed by atoms with Crippen LogP contribution in [0.4, 0.5) is 11.4 Å². The van der Waals surface area contributed by atoms with E-state index in [0.29, 0.717) is 5.56 Å². The Balaban J connectivity index is 1.83. The molecule has 0 aromatic heterocycles. The van der Waals surface area contributed by atoms with Gasteiger partial charge in [0.15, 0.2) is 0 Å². The second kappa shape index (κ2) is 9.92. The summed E-state index contributed by atoms with van der Waals surface area (Å²) >= 11 is 0. The molecule has 11 heteroatoms. The van der Waals surface area contributed by atoms with Crippen LogP contribution in [0, 0.1) is 27.2 Å². The number of esters is 1. The minimum atomic E-state index is -0.961. The van der Waals surface area contributed by atoms with Gasteiger partial charge in [-0.05, 0) is 37.3 Å². The highest BCUT2D eigenvalue weighted by molar-refractivity contribution is 5.96. The van der Waals surface area contributed by atoms with Crippen LogP contribution in [0.5, 0.6) is 5.75 Å². The van der Waals surface area contributed by atoms with Crippen molar-refractivity contribution >= 4 is 29.5 Å². The summed E-state index contributed by atoms with van der Waals surface area (Å²) in [7, 11) is 0. The van der Waals surface area contributed by atoms with Gasteiger partial charge in [0.1, 0.15) is 0 Å². The van der Waals surface area contributed by atoms with Crippen molar-refractivity contribution in [1.82, 2.24) is 5.43 Å². The minimum Gasteiger partial charge on any atom is -0.415 e. The van der Waals surface area contributed by atoms with Gasteiger partial charge in [-0.25, -0.2) is 10.2 Å². The summed E-state index contributed by atoms with van der Waals surface area (Å²) < 4.78 is 5.23. The van der Waals surface area contributed by atoms with Gasteiger partial charge in [-0.1, -0.05) is 23.8 Å². The first kappa shape index (κ1) is 22.7. The average Bonchev–Trinajstić information content (AvgIpc) is 2.80. The molecule has 0 unspecified atom stereocenters. The van der Waals surface area contributed by atoms with E-state index < -0.39 is 27.4 Å². The number of aryl methyl sites for hydroxylation is 1. The quantitative estimate of drug-likeness (QED) is 0.190. The molecule has 0 saturated carbocycles. The highest BCUT2D eigenvalue weighted by atomic mass is 16.6. The number of hydrazone groups is 1. The van der Waals surface area contributed by atoms with Crippen molar-refractivity contribution in [3.63, 3.8) is 0 Å². The molecule has 11 nitrogen and oxygen atoms in total. The van der Waals surface area contributed by atoms with Crippen LogP contribution >= 0.6 is 0 Å². The minimum absolute atomic E-state index is 0.0469. The first-order chi connectivity index (χ1) is 15.8. The summed E-state index contributed by atoms with van der Waals surface area (Å²) in [6, 6.07) is 15.2. The summed E-state index contributed by atoms with van der Waals surface area (Å²) in [4.78, 5) is 45.5. The average molecular weight is 448 g/mol. The van der Waals surface area contributed by atoms with E-state index in [2.05, 4.69) is 10.5 Å². The number of non-ortho nitro benzene ring substituents is 1. The van der Waals surface area contributed by atoms with Crippen molar-refractivity contribution < 1.29 is 24.2 Å². The first-order valence-electron chi connectivity index (χ1n) is 9.40. The molecule has 0 heterocycles. The number of nitro groups is 2. The molecule has 33 heavy (non-hydrogen) atoms. The van der Waals surface area contributed by atoms with E-state index in [1.54, 1.807) is 24.3 Å². The summed E-state index contributed by atoms with van der Waals surface area (Å²) in [5.41, 5.74) is 2.93. The third-order valence-electron chi connectivity index (χ3n) is 4.41. The summed E-state index contributed by atoms with van der Waals surface area (Å²) in [5, 5.41) is 26.0. The molecule has 3 aromatic rings. The van der Waals surface area contributed by atoms with Crippen LogP contribution < -0.4 is 10.2 Å². The highest BCUT2D eigenvalue weighted by Gasteiger charge is 2.22.